The maximum atomic E-state index is 5.40. The molecule has 1 fully saturated rings. The summed E-state index contributed by atoms with van der Waals surface area (Å²) in [7, 11) is 3.26. The van der Waals surface area contributed by atoms with Crippen molar-refractivity contribution < 1.29 is 9.47 Å². The van der Waals surface area contributed by atoms with Crippen LogP contribution in [-0.4, -0.2) is 42.4 Å². The normalized spacial score (nSPS) is 16.4. The van der Waals surface area contributed by atoms with Gasteiger partial charge in [0.15, 0.2) is 5.11 Å². The molecular formula is C20H27N5O2S. The standard InChI is InChI=1S/C20H27N5O2S/c1-14-5-4-10-25(13-14)17-11-18(27-3)23-19(22-17)24-20(28)21-12-15-6-8-16(26-2)9-7-15/h6-9,11,14H,4-5,10,12-13H2,1-3H3,(H2,21,22,23,24,28)/t14-/m0/s1. The van der Waals surface area contributed by atoms with Crippen LogP contribution in [0.2, 0.25) is 0 Å². The molecule has 0 aliphatic carbocycles. The zero-order valence-electron chi connectivity index (χ0n) is 16.6. The third kappa shape index (κ3) is 5.45. The Bertz CT molecular complexity index is 800. The highest BCUT2D eigenvalue weighted by Crippen LogP contribution is 2.25. The van der Waals surface area contributed by atoms with Crippen LogP contribution in [0.1, 0.15) is 25.3 Å². The van der Waals surface area contributed by atoms with E-state index in [9.17, 15) is 0 Å². The van der Waals surface area contributed by atoms with Gasteiger partial charge >= 0.3 is 0 Å². The average Bonchev–Trinajstić information content (AvgIpc) is 2.72. The van der Waals surface area contributed by atoms with Crippen molar-refractivity contribution in [3.63, 3.8) is 0 Å². The Balaban J connectivity index is 1.63. The summed E-state index contributed by atoms with van der Waals surface area (Å²) in [5, 5.41) is 6.70. The molecule has 0 unspecified atom stereocenters. The first-order chi connectivity index (χ1) is 13.6. The highest BCUT2D eigenvalue weighted by Gasteiger charge is 2.19. The average molecular weight is 402 g/mol. The SMILES string of the molecule is COc1ccc(CNC(=S)Nc2nc(OC)cc(N3CCC[C@H](C)C3)n2)cc1. The number of rotatable bonds is 6. The molecule has 2 heterocycles. The van der Waals surface area contributed by atoms with E-state index in [-0.39, 0.29) is 0 Å². The Hall–Kier alpha value is -2.61. The molecule has 7 nitrogen and oxygen atoms in total. The molecule has 0 saturated carbocycles. The van der Waals surface area contributed by atoms with Crippen LogP contribution >= 0.6 is 12.2 Å². The maximum Gasteiger partial charge on any atom is 0.234 e. The largest absolute Gasteiger partial charge is 0.497 e. The Morgan fingerprint density at radius 2 is 2.00 bits per heavy atom. The van der Waals surface area contributed by atoms with E-state index in [0.29, 0.717) is 29.4 Å². The van der Waals surface area contributed by atoms with Gasteiger partial charge in [-0.2, -0.15) is 9.97 Å². The molecular weight excluding hydrogens is 374 g/mol. The summed E-state index contributed by atoms with van der Waals surface area (Å²) in [6.45, 7) is 4.84. The molecule has 1 atom stereocenters. The Labute approximate surface area is 171 Å². The predicted molar refractivity (Wildman–Crippen MR) is 115 cm³/mol. The van der Waals surface area contributed by atoms with E-state index in [2.05, 4.69) is 32.4 Å². The van der Waals surface area contributed by atoms with Gasteiger partial charge < -0.3 is 25.0 Å². The molecule has 0 radical (unpaired) electrons. The highest BCUT2D eigenvalue weighted by molar-refractivity contribution is 7.80. The molecule has 8 heteroatoms. The minimum atomic E-state index is 0.430. The number of anilines is 2. The van der Waals surface area contributed by atoms with Crippen LogP contribution in [0.3, 0.4) is 0 Å². The molecule has 1 aromatic heterocycles. The lowest BCUT2D eigenvalue weighted by molar-refractivity contribution is 0.396. The summed E-state index contributed by atoms with van der Waals surface area (Å²) in [4.78, 5) is 11.3. The van der Waals surface area contributed by atoms with Gasteiger partial charge in [0.05, 0.1) is 14.2 Å². The lowest BCUT2D eigenvalue weighted by Gasteiger charge is -2.32. The fourth-order valence-electron chi connectivity index (χ4n) is 3.20. The highest BCUT2D eigenvalue weighted by atomic mass is 32.1. The predicted octanol–water partition coefficient (Wildman–Crippen LogP) is 3.22. The van der Waals surface area contributed by atoms with Gasteiger partial charge in [-0.3, -0.25) is 0 Å². The fourth-order valence-corrected chi connectivity index (χ4v) is 3.37. The molecule has 2 N–H and O–H groups in total. The molecule has 0 bridgehead atoms. The molecule has 3 rings (SSSR count). The Kier molecular flexibility index (Phi) is 6.86. The molecule has 150 valence electrons. The van der Waals surface area contributed by atoms with Crippen LogP contribution in [0.5, 0.6) is 11.6 Å². The van der Waals surface area contributed by atoms with Crippen LogP contribution < -0.4 is 25.0 Å². The second-order valence-corrected chi connectivity index (χ2v) is 7.35. The van der Waals surface area contributed by atoms with Crippen molar-refractivity contribution in [1.29, 1.82) is 0 Å². The zero-order valence-corrected chi connectivity index (χ0v) is 17.4. The van der Waals surface area contributed by atoms with Gasteiger partial charge in [-0.15, -0.1) is 0 Å². The molecule has 2 aromatic rings. The number of benzene rings is 1. The van der Waals surface area contributed by atoms with Gasteiger partial charge in [-0.1, -0.05) is 19.1 Å². The Morgan fingerprint density at radius 1 is 1.21 bits per heavy atom. The first-order valence-corrected chi connectivity index (χ1v) is 9.84. The monoisotopic (exact) mass is 401 g/mol. The zero-order chi connectivity index (χ0) is 19.9. The van der Waals surface area contributed by atoms with Gasteiger partial charge in [-0.05, 0) is 48.7 Å². The third-order valence-electron chi connectivity index (χ3n) is 4.72. The fraction of sp³-hybridized carbons (Fsp3) is 0.450. The smallest absolute Gasteiger partial charge is 0.234 e. The molecule has 1 saturated heterocycles. The van der Waals surface area contributed by atoms with E-state index in [1.165, 1.54) is 6.42 Å². The quantitative estimate of drug-likeness (QED) is 0.715. The lowest BCUT2D eigenvalue weighted by atomic mass is 10.0. The van der Waals surface area contributed by atoms with Crippen LogP contribution in [0.25, 0.3) is 0 Å². The number of aromatic nitrogens is 2. The van der Waals surface area contributed by atoms with Crippen molar-refractivity contribution in [2.45, 2.75) is 26.3 Å². The van der Waals surface area contributed by atoms with Gasteiger partial charge in [0.2, 0.25) is 11.8 Å². The van der Waals surface area contributed by atoms with E-state index in [1.54, 1.807) is 14.2 Å². The first-order valence-electron chi connectivity index (χ1n) is 9.43. The summed E-state index contributed by atoms with van der Waals surface area (Å²) in [6, 6.07) is 9.70. The number of ether oxygens (including phenoxy) is 2. The minimum absolute atomic E-state index is 0.430. The lowest BCUT2D eigenvalue weighted by Crippen LogP contribution is -2.35. The Morgan fingerprint density at radius 3 is 2.68 bits per heavy atom. The summed E-state index contributed by atoms with van der Waals surface area (Å²) in [5.41, 5.74) is 1.10. The van der Waals surface area contributed by atoms with Crippen molar-refractivity contribution in [2.75, 3.05) is 37.5 Å². The second-order valence-electron chi connectivity index (χ2n) is 6.94. The number of methoxy groups -OCH3 is 2. The molecule has 0 amide bonds. The molecule has 1 aliphatic heterocycles. The number of hydrogen-bond donors (Lipinski definition) is 2. The van der Waals surface area contributed by atoms with Crippen molar-refractivity contribution in [1.82, 2.24) is 15.3 Å². The second kappa shape index (κ2) is 9.54. The van der Waals surface area contributed by atoms with Gasteiger partial charge in [0.1, 0.15) is 11.6 Å². The topological polar surface area (TPSA) is 71.5 Å². The van der Waals surface area contributed by atoms with E-state index >= 15 is 0 Å². The van der Waals surface area contributed by atoms with Crippen molar-refractivity contribution in [2.24, 2.45) is 5.92 Å². The summed E-state index contributed by atoms with van der Waals surface area (Å²) >= 11 is 5.40. The van der Waals surface area contributed by atoms with Crippen molar-refractivity contribution >= 4 is 29.1 Å². The number of hydrogen-bond acceptors (Lipinski definition) is 6. The van der Waals surface area contributed by atoms with Crippen LogP contribution in [0.4, 0.5) is 11.8 Å². The molecule has 1 aromatic carbocycles. The van der Waals surface area contributed by atoms with Gasteiger partial charge in [-0.25, -0.2) is 0 Å². The van der Waals surface area contributed by atoms with Crippen molar-refractivity contribution in [3.8, 4) is 11.6 Å². The van der Waals surface area contributed by atoms with E-state index < -0.39 is 0 Å². The number of nitrogens with one attached hydrogen (secondary N) is 2. The minimum Gasteiger partial charge on any atom is -0.497 e. The number of thiocarbonyl (C=S) groups is 1. The summed E-state index contributed by atoms with van der Waals surface area (Å²) in [6.07, 6.45) is 2.42. The van der Waals surface area contributed by atoms with Gasteiger partial charge in [0, 0.05) is 25.7 Å². The van der Waals surface area contributed by atoms with Crippen molar-refractivity contribution in [3.05, 3.63) is 35.9 Å². The van der Waals surface area contributed by atoms with E-state index in [0.717, 1.165) is 36.6 Å². The number of piperidine rings is 1. The maximum absolute atomic E-state index is 5.40. The molecule has 28 heavy (non-hydrogen) atoms. The van der Waals surface area contributed by atoms with Crippen LogP contribution in [-0.2, 0) is 6.54 Å². The van der Waals surface area contributed by atoms with Crippen LogP contribution in [0.15, 0.2) is 30.3 Å². The van der Waals surface area contributed by atoms with E-state index in [4.69, 9.17) is 21.7 Å². The summed E-state index contributed by atoms with van der Waals surface area (Å²) < 4.78 is 10.5. The first kappa shape index (κ1) is 20.1. The number of nitrogens with zero attached hydrogens (tertiary/aromatic N) is 3. The molecule has 1 aliphatic rings. The third-order valence-corrected chi connectivity index (χ3v) is 4.96. The van der Waals surface area contributed by atoms with Gasteiger partial charge in [0.25, 0.3) is 0 Å². The van der Waals surface area contributed by atoms with Crippen LogP contribution in [0, 0.1) is 5.92 Å². The summed E-state index contributed by atoms with van der Waals surface area (Å²) in [5.74, 6) is 3.29. The van der Waals surface area contributed by atoms with E-state index in [1.807, 2.05) is 30.3 Å². The molecule has 0 spiro atoms.